The van der Waals surface area contributed by atoms with Gasteiger partial charge in [0, 0.05) is 19.1 Å². The number of nitrogens with one attached hydrogen (secondary N) is 1. The van der Waals surface area contributed by atoms with Gasteiger partial charge in [-0.3, -0.25) is 4.79 Å². The van der Waals surface area contributed by atoms with E-state index < -0.39 is 10.0 Å². The maximum atomic E-state index is 12.7. The number of hydrogen-bond acceptors (Lipinski definition) is 4. The Bertz CT molecular complexity index is 627. The Balaban J connectivity index is 1.77. The Kier molecular flexibility index (Phi) is 4.84. The largest absolute Gasteiger partial charge is 0.349 e. The fourth-order valence-corrected chi connectivity index (χ4v) is 6.05. The Labute approximate surface area is 135 Å². The highest BCUT2D eigenvalue weighted by molar-refractivity contribution is 7.89. The number of carbonyl (C=O) groups excluding carboxylic acids is 1. The van der Waals surface area contributed by atoms with Crippen LogP contribution in [-0.2, 0) is 10.0 Å². The predicted octanol–water partition coefficient (Wildman–Crippen LogP) is 2.60. The zero-order valence-corrected chi connectivity index (χ0v) is 14.2. The monoisotopic (exact) mass is 342 g/mol. The molecule has 1 aromatic rings. The van der Waals surface area contributed by atoms with E-state index in [1.54, 1.807) is 11.4 Å². The summed E-state index contributed by atoms with van der Waals surface area (Å²) in [7, 11) is -3.53. The summed E-state index contributed by atoms with van der Waals surface area (Å²) < 4.78 is 26.8. The summed E-state index contributed by atoms with van der Waals surface area (Å²) in [4.78, 5) is 13.0. The van der Waals surface area contributed by atoms with Gasteiger partial charge in [-0.15, -0.1) is 11.3 Å². The average molecular weight is 342 g/mol. The third-order valence-electron chi connectivity index (χ3n) is 4.46. The molecule has 1 saturated heterocycles. The van der Waals surface area contributed by atoms with E-state index >= 15 is 0 Å². The molecule has 0 unspecified atom stereocenters. The van der Waals surface area contributed by atoms with Gasteiger partial charge in [0.15, 0.2) is 0 Å². The number of carbonyl (C=O) groups is 1. The van der Waals surface area contributed by atoms with Gasteiger partial charge in [-0.05, 0) is 37.1 Å². The third kappa shape index (κ3) is 3.21. The summed E-state index contributed by atoms with van der Waals surface area (Å²) in [5.41, 5.74) is 0. The Morgan fingerprint density at radius 1 is 1.14 bits per heavy atom. The van der Waals surface area contributed by atoms with Crippen molar-refractivity contribution in [2.45, 2.75) is 55.9 Å². The molecule has 22 heavy (non-hydrogen) atoms. The molecule has 0 atom stereocenters. The predicted molar refractivity (Wildman–Crippen MR) is 86.7 cm³/mol. The number of thiophene rings is 1. The minimum Gasteiger partial charge on any atom is -0.349 e. The molecule has 1 aliphatic heterocycles. The van der Waals surface area contributed by atoms with Crippen molar-refractivity contribution in [2.24, 2.45) is 0 Å². The standard InChI is InChI=1S/C15H22N2O3S2/c18-15(16-12-6-2-1-3-7-12)14-13(8-11-21-14)22(19,20)17-9-4-5-10-17/h8,11-12H,1-7,9-10H2,(H,16,18). The van der Waals surface area contributed by atoms with Gasteiger partial charge in [-0.1, -0.05) is 19.3 Å². The molecule has 1 aromatic heterocycles. The van der Waals surface area contributed by atoms with Crippen molar-refractivity contribution in [3.63, 3.8) is 0 Å². The molecule has 0 aromatic carbocycles. The van der Waals surface area contributed by atoms with Crippen molar-refractivity contribution in [1.82, 2.24) is 9.62 Å². The lowest BCUT2D eigenvalue weighted by atomic mass is 9.95. The maximum absolute atomic E-state index is 12.7. The highest BCUT2D eigenvalue weighted by Gasteiger charge is 2.32. The van der Waals surface area contributed by atoms with Crippen molar-refractivity contribution in [3.05, 3.63) is 16.3 Å². The summed E-state index contributed by atoms with van der Waals surface area (Å²) in [6, 6.07) is 1.75. The van der Waals surface area contributed by atoms with E-state index in [0.717, 1.165) is 38.5 Å². The van der Waals surface area contributed by atoms with Gasteiger partial charge >= 0.3 is 0 Å². The van der Waals surface area contributed by atoms with Gasteiger partial charge in [0.25, 0.3) is 5.91 Å². The van der Waals surface area contributed by atoms with Crippen LogP contribution in [0, 0.1) is 0 Å². The number of amides is 1. The zero-order chi connectivity index (χ0) is 15.6. The van der Waals surface area contributed by atoms with E-state index in [4.69, 9.17) is 0 Å². The molecule has 2 heterocycles. The zero-order valence-electron chi connectivity index (χ0n) is 12.6. The van der Waals surface area contributed by atoms with Crippen molar-refractivity contribution >= 4 is 27.3 Å². The van der Waals surface area contributed by atoms with Crippen LogP contribution in [0.4, 0.5) is 0 Å². The molecule has 2 aliphatic rings. The van der Waals surface area contributed by atoms with Gasteiger partial charge in [0.05, 0.1) is 0 Å². The number of rotatable bonds is 4. The molecule has 0 radical (unpaired) electrons. The first-order valence-corrected chi connectivity index (χ1v) is 10.3. The Hall–Kier alpha value is -0.920. The van der Waals surface area contributed by atoms with Crippen LogP contribution < -0.4 is 5.32 Å². The molecule has 0 bridgehead atoms. The van der Waals surface area contributed by atoms with E-state index in [1.807, 2.05) is 0 Å². The van der Waals surface area contributed by atoms with E-state index in [9.17, 15) is 13.2 Å². The highest BCUT2D eigenvalue weighted by atomic mass is 32.2. The molecule has 1 N–H and O–H groups in total. The second-order valence-electron chi connectivity index (χ2n) is 6.03. The minimum absolute atomic E-state index is 0.174. The van der Waals surface area contributed by atoms with Gasteiger partial charge < -0.3 is 5.32 Å². The van der Waals surface area contributed by atoms with Crippen molar-refractivity contribution < 1.29 is 13.2 Å². The Morgan fingerprint density at radius 2 is 1.82 bits per heavy atom. The van der Waals surface area contributed by atoms with Gasteiger partial charge in [0.2, 0.25) is 10.0 Å². The number of nitrogens with zero attached hydrogens (tertiary/aromatic N) is 1. The number of sulfonamides is 1. The topological polar surface area (TPSA) is 66.5 Å². The van der Waals surface area contributed by atoms with Crippen LogP contribution in [0.5, 0.6) is 0 Å². The second kappa shape index (κ2) is 6.68. The van der Waals surface area contributed by atoms with Crippen LogP contribution in [0.15, 0.2) is 16.3 Å². The van der Waals surface area contributed by atoms with Crippen molar-refractivity contribution in [1.29, 1.82) is 0 Å². The summed E-state index contributed by atoms with van der Waals surface area (Å²) in [5, 5.41) is 4.71. The van der Waals surface area contributed by atoms with E-state index in [2.05, 4.69) is 5.32 Å². The molecule has 3 rings (SSSR count). The number of hydrogen-bond donors (Lipinski definition) is 1. The van der Waals surface area contributed by atoms with Gasteiger partial charge in [0.1, 0.15) is 9.77 Å². The molecule has 2 fully saturated rings. The third-order valence-corrected chi connectivity index (χ3v) is 7.44. The molecule has 1 amide bonds. The molecular weight excluding hydrogens is 320 g/mol. The summed E-state index contributed by atoms with van der Waals surface area (Å²) >= 11 is 1.21. The summed E-state index contributed by atoms with van der Waals surface area (Å²) in [5.74, 6) is -0.236. The minimum atomic E-state index is -3.53. The maximum Gasteiger partial charge on any atom is 0.262 e. The van der Waals surface area contributed by atoms with E-state index in [0.29, 0.717) is 18.0 Å². The fraction of sp³-hybridized carbons (Fsp3) is 0.667. The fourth-order valence-electron chi connectivity index (χ4n) is 3.23. The summed E-state index contributed by atoms with van der Waals surface area (Å²) in [6.07, 6.45) is 7.26. The molecule has 1 aliphatic carbocycles. The lowest BCUT2D eigenvalue weighted by Gasteiger charge is -2.23. The Morgan fingerprint density at radius 3 is 2.50 bits per heavy atom. The lowest BCUT2D eigenvalue weighted by molar-refractivity contribution is 0.0928. The molecule has 5 nitrogen and oxygen atoms in total. The van der Waals surface area contributed by atoms with Crippen LogP contribution in [0.1, 0.15) is 54.6 Å². The molecule has 0 spiro atoms. The molecule has 7 heteroatoms. The molecular formula is C15H22N2O3S2. The highest BCUT2D eigenvalue weighted by Crippen LogP contribution is 2.28. The lowest BCUT2D eigenvalue weighted by Crippen LogP contribution is -2.37. The quantitative estimate of drug-likeness (QED) is 0.914. The second-order valence-corrected chi connectivity index (χ2v) is 8.86. The van der Waals surface area contributed by atoms with Crippen LogP contribution in [0.2, 0.25) is 0 Å². The normalized spacial score (nSPS) is 21.1. The van der Waals surface area contributed by atoms with Crippen LogP contribution in [-0.4, -0.2) is 37.8 Å². The van der Waals surface area contributed by atoms with Crippen LogP contribution >= 0.6 is 11.3 Å². The first kappa shape index (κ1) is 16.0. The van der Waals surface area contributed by atoms with Gasteiger partial charge in [-0.2, -0.15) is 4.31 Å². The SMILES string of the molecule is O=C(NC1CCCCC1)c1sccc1S(=O)(=O)N1CCCC1. The smallest absolute Gasteiger partial charge is 0.262 e. The molecule has 122 valence electrons. The van der Waals surface area contributed by atoms with Crippen LogP contribution in [0.3, 0.4) is 0 Å². The van der Waals surface area contributed by atoms with Crippen LogP contribution in [0.25, 0.3) is 0 Å². The van der Waals surface area contributed by atoms with Gasteiger partial charge in [-0.25, -0.2) is 8.42 Å². The van der Waals surface area contributed by atoms with E-state index in [1.165, 1.54) is 22.1 Å². The molecule has 1 saturated carbocycles. The van der Waals surface area contributed by atoms with E-state index in [-0.39, 0.29) is 16.8 Å². The average Bonchev–Trinajstić information content (AvgIpc) is 3.20. The summed E-state index contributed by atoms with van der Waals surface area (Å²) in [6.45, 7) is 1.11. The first-order chi connectivity index (χ1) is 10.6. The first-order valence-electron chi connectivity index (χ1n) is 7.97. The van der Waals surface area contributed by atoms with Crippen molar-refractivity contribution in [3.8, 4) is 0 Å². The van der Waals surface area contributed by atoms with Crippen molar-refractivity contribution in [2.75, 3.05) is 13.1 Å².